The van der Waals surface area contributed by atoms with Gasteiger partial charge in [0.05, 0.1) is 25.2 Å². The van der Waals surface area contributed by atoms with Gasteiger partial charge in [-0.3, -0.25) is 4.79 Å². The molecule has 1 saturated carbocycles. The SMILES string of the molecule is COC(=O)C1CC(O)(C#C[Si](C)(C)C)C[C@H]2O[C@@H]12. The van der Waals surface area contributed by atoms with Crippen LogP contribution in [0.25, 0.3) is 0 Å². The summed E-state index contributed by atoms with van der Waals surface area (Å²) >= 11 is 0. The molecule has 18 heavy (non-hydrogen) atoms. The summed E-state index contributed by atoms with van der Waals surface area (Å²) in [7, 11) is -0.170. The molecule has 0 aromatic rings. The highest BCUT2D eigenvalue weighted by Crippen LogP contribution is 2.45. The number of epoxide rings is 1. The first-order valence-corrected chi connectivity index (χ1v) is 9.74. The monoisotopic (exact) mass is 268 g/mol. The maximum Gasteiger partial charge on any atom is 0.311 e. The van der Waals surface area contributed by atoms with Gasteiger partial charge in [0.15, 0.2) is 0 Å². The predicted molar refractivity (Wildman–Crippen MR) is 69.5 cm³/mol. The molecule has 5 heteroatoms. The van der Waals surface area contributed by atoms with E-state index in [0.29, 0.717) is 12.8 Å². The Labute approximate surface area is 109 Å². The Kier molecular flexibility index (Phi) is 3.30. The van der Waals surface area contributed by atoms with Crippen LogP contribution < -0.4 is 0 Å². The zero-order valence-electron chi connectivity index (χ0n) is 11.3. The van der Waals surface area contributed by atoms with Gasteiger partial charge in [0.2, 0.25) is 0 Å². The first kappa shape index (κ1) is 13.6. The van der Waals surface area contributed by atoms with Crippen LogP contribution in [0.15, 0.2) is 0 Å². The number of carbonyl (C=O) groups is 1. The number of rotatable bonds is 1. The highest BCUT2D eigenvalue weighted by molar-refractivity contribution is 6.83. The molecular weight excluding hydrogens is 248 g/mol. The Morgan fingerprint density at radius 1 is 1.44 bits per heavy atom. The van der Waals surface area contributed by atoms with E-state index < -0.39 is 13.7 Å². The fraction of sp³-hybridized carbons (Fsp3) is 0.769. The number of esters is 1. The molecule has 0 aromatic carbocycles. The van der Waals surface area contributed by atoms with Crippen LogP contribution in [0.4, 0.5) is 0 Å². The fourth-order valence-electron chi connectivity index (χ4n) is 2.35. The number of aliphatic hydroxyl groups is 1. The van der Waals surface area contributed by atoms with Crippen LogP contribution in [-0.4, -0.2) is 44.1 Å². The van der Waals surface area contributed by atoms with Gasteiger partial charge in [-0.05, 0) is 0 Å². The Morgan fingerprint density at radius 2 is 2.11 bits per heavy atom. The topological polar surface area (TPSA) is 59.1 Å². The van der Waals surface area contributed by atoms with Crippen LogP contribution in [0.1, 0.15) is 12.8 Å². The zero-order valence-corrected chi connectivity index (χ0v) is 12.3. The molecule has 1 N–H and O–H groups in total. The van der Waals surface area contributed by atoms with Gasteiger partial charge in [-0.25, -0.2) is 0 Å². The van der Waals surface area contributed by atoms with Gasteiger partial charge in [0.25, 0.3) is 0 Å². The molecule has 1 heterocycles. The van der Waals surface area contributed by atoms with Crippen molar-refractivity contribution in [2.75, 3.05) is 7.11 Å². The number of hydrogen-bond donors (Lipinski definition) is 1. The molecule has 2 unspecified atom stereocenters. The third-order valence-corrected chi connectivity index (χ3v) is 4.16. The van der Waals surface area contributed by atoms with Gasteiger partial charge >= 0.3 is 5.97 Å². The first-order valence-electron chi connectivity index (χ1n) is 6.24. The molecule has 4 atom stereocenters. The first-order chi connectivity index (χ1) is 8.24. The number of hydrogen-bond acceptors (Lipinski definition) is 4. The lowest BCUT2D eigenvalue weighted by Gasteiger charge is -2.29. The van der Waals surface area contributed by atoms with Gasteiger partial charge in [-0.15, -0.1) is 5.54 Å². The average Bonchev–Trinajstić information content (AvgIpc) is 3.02. The molecule has 0 amide bonds. The summed E-state index contributed by atoms with van der Waals surface area (Å²) in [6.45, 7) is 6.38. The maximum absolute atomic E-state index is 11.6. The van der Waals surface area contributed by atoms with Crippen molar-refractivity contribution in [1.82, 2.24) is 0 Å². The van der Waals surface area contributed by atoms with E-state index in [9.17, 15) is 9.90 Å². The zero-order chi connectivity index (χ0) is 13.6. The van der Waals surface area contributed by atoms with Crippen LogP contribution in [0.3, 0.4) is 0 Å². The van der Waals surface area contributed by atoms with Crippen molar-refractivity contribution < 1.29 is 19.4 Å². The lowest BCUT2D eigenvalue weighted by Crippen LogP contribution is -2.41. The van der Waals surface area contributed by atoms with E-state index in [0.717, 1.165) is 0 Å². The molecule has 4 nitrogen and oxygen atoms in total. The Morgan fingerprint density at radius 3 is 2.67 bits per heavy atom. The Bertz CT molecular complexity index is 417. The van der Waals surface area contributed by atoms with Crippen molar-refractivity contribution in [2.24, 2.45) is 5.92 Å². The highest BCUT2D eigenvalue weighted by Gasteiger charge is 2.57. The molecular formula is C13H20O4Si. The summed E-state index contributed by atoms with van der Waals surface area (Å²) < 4.78 is 10.2. The molecule has 0 radical (unpaired) electrons. The van der Waals surface area contributed by atoms with Gasteiger partial charge in [-0.2, -0.15) is 0 Å². The minimum Gasteiger partial charge on any atom is -0.469 e. The van der Waals surface area contributed by atoms with E-state index in [-0.39, 0.29) is 24.1 Å². The smallest absolute Gasteiger partial charge is 0.311 e. The fourth-order valence-corrected chi connectivity index (χ4v) is 2.95. The number of fused-ring (bicyclic) bond motifs is 1. The van der Waals surface area contributed by atoms with E-state index in [2.05, 4.69) is 31.1 Å². The lowest BCUT2D eigenvalue weighted by atomic mass is 9.78. The summed E-state index contributed by atoms with van der Waals surface area (Å²) in [5.74, 6) is 2.29. The van der Waals surface area contributed by atoms with Gasteiger partial charge in [0, 0.05) is 12.8 Å². The molecule has 1 aliphatic carbocycles. The van der Waals surface area contributed by atoms with E-state index in [1.54, 1.807) is 0 Å². The number of carbonyl (C=O) groups excluding carboxylic acids is 1. The van der Waals surface area contributed by atoms with E-state index in [4.69, 9.17) is 9.47 Å². The molecule has 0 spiro atoms. The second-order valence-corrected chi connectivity index (χ2v) is 11.0. The predicted octanol–water partition coefficient (Wildman–Crippen LogP) is 0.949. The van der Waals surface area contributed by atoms with Crippen molar-refractivity contribution in [3.63, 3.8) is 0 Å². The third-order valence-electron chi connectivity index (χ3n) is 3.29. The minimum atomic E-state index is -1.53. The lowest BCUT2D eigenvalue weighted by molar-refractivity contribution is -0.148. The second kappa shape index (κ2) is 4.37. The van der Waals surface area contributed by atoms with Crippen LogP contribution >= 0.6 is 0 Å². The Balaban J connectivity index is 2.14. The summed E-state index contributed by atoms with van der Waals surface area (Å²) in [6.07, 6.45) is 0.705. The van der Waals surface area contributed by atoms with Gasteiger partial charge < -0.3 is 14.6 Å². The standard InChI is InChI=1S/C13H20O4Si/c1-16-12(14)9-7-13(15,5-6-18(2,3)4)8-10-11(9)17-10/h9-11,15H,7-8H2,1-4H3/t9?,10-,11+,13?/m1/s1. The second-order valence-electron chi connectivity index (χ2n) is 6.21. The summed E-state index contributed by atoms with van der Waals surface area (Å²) in [4.78, 5) is 11.6. The molecule has 1 aliphatic heterocycles. The van der Waals surface area contributed by atoms with Crippen LogP contribution in [0, 0.1) is 17.4 Å². The minimum absolute atomic E-state index is 0.0382. The van der Waals surface area contributed by atoms with Crippen molar-refractivity contribution in [2.45, 2.75) is 50.3 Å². The molecule has 2 fully saturated rings. The van der Waals surface area contributed by atoms with E-state index in [1.165, 1.54) is 7.11 Å². The van der Waals surface area contributed by atoms with Crippen LogP contribution in [0.2, 0.25) is 19.6 Å². The number of ether oxygens (including phenoxy) is 2. The quantitative estimate of drug-likeness (QED) is 0.333. The molecule has 1 saturated heterocycles. The largest absolute Gasteiger partial charge is 0.469 e. The van der Waals surface area contributed by atoms with Crippen LogP contribution in [-0.2, 0) is 14.3 Å². The van der Waals surface area contributed by atoms with Crippen molar-refractivity contribution in [3.05, 3.63) is 0 Å². The van der Waals surface area contributed by atoms with E-state index in [1.807, 2.05) is 0 Å². The van der Waals surface area contributed by atoms with Crippen molar-refractivity contribution >= 4 is 14.0 Å². The van der Waals surface area contributed by atoms with Gasteiger partial charge in [0.1, 0.15) is 13.7 Å². The highest BCUT2D eigenvalue weighted by atomic mass is 28.3. The summed E-state index contributed by atoms with van der Waals surface area (Å²) in [5, 5.41) is 10.5. The molecule has 0 bridgehead atoms. The van der Waals surface area contributed by atoms with Crippen molar-refractivity contribution in [3.8, 4) is 11.5 Å². The molecule has 0 aromatic heterocycles. The molecule has 100 valence electrons. The average molecular weight is 268 g/mol. The number of methoxy groups -OCH3 is 1. The summed E-state index contributed by atoms with van der Waals surface area (Å²) in [5.41, 5.74) is 2.08. The van der Waals surface area contributed by atoms with Gasteiger partial charge in [-0.1, -0.05) is 25.6 Å². The molecule has 2 aliphatic rings. The Hall–Kier alpha value is -0.833. The molecule has 2 rings (SSSR count). The van der Waals surface area contributed by atoms with E-state index >= 15 is 0 Å². The summed E-state index contributed by atoms with van der Waals surface area (Å²) in [6, 6.07) is 0. The normalized spacial score (nSPS) is 38.2. The van der Waals surface area contributed by atoms with Crippen LogP contribution in [0.5, 0.6) is 0 Å². The third kappa shape index (κ3) is 2.94. The van der Waals surface area contributed by atoms with Crippen molar-refractivity contribution in [1.29, 1.82) is 0 Å². The maximum atomic E-state index is 11.6.